The van der Waals surface area contributed by atoms with Crippen LogP contribution in [0.5, 0.6) is 5.75 Å². The van der Waals surface area contributed by atoms with Gasteiger partial charge in [-0.2, -0.15) is 0 Å². The summed E-state index contributed by atoms with van der Waals surface area (Å²) in [7, 11) is 1.61. The smallest absolute Gasteiger partial charge is 0.274 e. The van der Waals surface area contributed by atoms with Gasteiger partial charge in [0.25, 0.3) is 11.8 Å². The molecule has 9 nitrogen and oxygen atoms in total. The molecule has 0 saturated carbocycles. The van der Waals surface area contributed by atoms with Gasteiger partial charge in [-0.05, 0) is 43.9 Å². The Balaban J connectivity index is 1.57. The molecule has 2 aliphatic heterocycles. The van der Waals surface area contributed by atoms with Crippen molar-refractivity contribution >= 4 is 17.7 Å². The van der Waals surface area contributed by atoms with Gasteiger partial charge in [-0.1, -0.05) is 19.1 Å². The highest BCUT2D eigenvalue weighted by atomic mass is 16.5. The van der Waals surface area contributed by atoms with Crippen LogP contribution in [0, 0.1) is 0 Å². The van der Waals surface area contributed by atoms with Gasteiger partial charge in [0.1, 0.15) is 17.0 Å². The first-order valence-electron chi connectivity index (χ1n) is 11.5. The Kier molecular flexibility index (Phi) is 6.40. The van der Waals surface area contributed by atoms with E-state index in [1.807, 2.05) is 31.2 Å². The van der Waals surface area contributed by atoms with Crippen LogP contribution in [0.1, 0.15) is 59.7 Å². The summed E-state index contributed by atoms with van der Waals surface area (Å²) in [6.07, 6.45) is 4.12. The largest absolute Gasteiger partial charge is 0.497 e. The number of imidazole rings is 1. The molecule has 176 valence electrons. The molecule has 33 heavy (non-hydrogen) atoms. The van der Waals surface area contributed by atoms with Crippen LogP contribution in [0.25, 0.3) is 0 Å². The Labute approximate surface area is 193 Å². The molecule has 2 aromatic rings. The normalized spacial score (nSPS) is 20.0. The van der Waals surface area contributed by atoms with E-state index in [2.05, 4.69) is 10.3 Å². The number of carbonyl (C=O) groups is 3. The van der Waals surface area contributed by atoms with Gasteiger partial charge in [-0.25, -0.2) is 4.98 Å². The van der Waals surface area contributed by atoms with Gasteiger partial charge in [0.05, 0.1) is 20.0 Å². The Morgan fingerprint density at radius 3 is 2.52 bits per heavy atom. The molecule has 1 unspecified atom stereocenters. The SMILES string of the molecule is CCCN1C(=O)c2c(C(=O)N3CCCC3)ncn2CC1(C)C(=O)NCc1ccc(OC)cc1. The molecule has 1 saturated heterocycles. The number of rotatable bonds is 7. The molecule has 3 heterocycles. The molecular weight excluding hydrogens is 422 g/mol. The van der Waals surface area contributed by atoms with Gasteiger partial charge < -0.3 is 24.4 Å². The zero-order chi connectivity index (χ0) is 23.6. The van der Waals surface area contributed by atoms with Crippen molar-refractivity contribution in [3.05, 3.63) is 47.5 Å². The molecule has 1 N–H and O–H groups in total. The number of nitrogens with one attached hydrogen (secondary N) is 1. The zero-order valence-corrected chi connectivity index (χ0v) is 19.5. The summed E-state index contributed by atoms with van der Waals surface area (Å²) in [5, 5.41) is 2.98. The Bertz CT molecular complexity index is 1040. The number of ether oxygens (including phenoxy) is 1. The van der Waals surface area contributed by atoms with Crippen molar-refractivity contribution in [3.8, 4) is 5.75 Å². The van der Waals surface area contributed by atoms with Crippen molar-refractivity contribution in [2.24, 2.45) is 0 Å². The van der Waals surface area contributed by atoms with Gasteiger partial charge in [0.15, 0.2) is 5.69 Å². The Morgan fingerprint density at radius 1 is 1.18 bits per heavy atom. The van der Waals surface area contributed by atoms with E-state index in [1.54, 1.807) is 28.4 Å². The van der Waals surface area contributed by atoms with E-state index in [0.29, 0.717) is 32.6 Å². The Morgan fingerprint density at radius 2 is 1.88 bits per heavy atom. The second-order valence-corrected chi connectivity index (χ2v) is 8.83. The molecule has 1 aromatic heterocycles. The number of amides is 3. The third-order valence-corrected chi connectivity index (χ3v) is 6.50. The minimum Gasteiger partial charge on any atom is -0.497 e. The average molecular weight is 454 g/mol. The van der Waals surface area contributed by atoms with Crippen molar-refractivity contribution < 1.29 is 19.1 Å². The number of carbonyl (C=O) groups excluding carboxylic acids is 3. The summed E-state index contributed by atoms with van der Waals surface area (Å²) >= 11 is 0. The third kappa shape index (κ3) is 4.19. The number of fused-ring (bicyclic) bond motifs is 1. The van der Waals surface area contributed by atoms with Crippen LogP contribution in [0.4, 0.5) is 0 Å². The fraction of sp³-hybridized carbons (Fsp3) is 0.500. The van der Waals surface area contributed by atoms with E-state index in [0.717, 1.165) is 24.2 Å². The summed E-state index contributed by atoms with van der Waals surface area (Å²) in [6, 6.07) is 7.46. The number of aromatic nitrogens is 2. The van der Waals surface area contributed by atoms with Crippen LogP contribution in [0.3, 0.4) is 0 Å². The first kappa shape index (κ1) is 22.8. The molecule has 0 spiro atoms. The molecule has 2 aliphatic rings. The summed E-state index contributed by atoms with van der Waals surface area (Å²) in [4.78, 5) is 47.6. The molecule has 0 bridgehead atoms. The fourth-order valence-corrected chi connectivity index (χ4v) is 4.60. The van der Waals surface area contributed by atoms with Crippen molar-refractivity contribution in [2.45, 2.75) is 51.7 Å². The minimum atomic E-state index is -1.10. The summed E-state index contributed by atoms with van der Waals surface area (Å²) < 4.78 is 6.83. The van der Waals surface area contributed by atoms with Crippen LogP contribution >= 0.6 is 0 Å². The van der Waals surface area contributed by atoms with Gasteiger partial charge in [0.2, 0.25) is 5.91 Å². The maximum Gasteiger partial charge on any atom is 0.274 e. The zero-order valence-electron chi connectivity index (χ0n) is 19.5. The van der Waals surface area contributed by atoms with Crippen LogP contribution in [-0.2, 0) is 17.9 Å². The average Bonchev–Trinajstić information content (AvgIpc) is 3.50. The van der Waals surface area contributed by atoms with Crippen LogP contribution < -0.4 is 10.1 Å². The van der Waals surface area contributed by atoms with E-state index in [1.165, 1.54) is 6.33 Å². The number of nitrogens with zero attached hydrogens (tertiary/aromatic N) is 4. The lowest BCUT2D eigenvalue weighted by Gasteiger charge is -2.43. The van der Waals surface area contributed by atoms with E-state index in [-0.39, 0.29) is 35.7 Å². The predicted molar refractivity (Wildman–Crippen MR) is 122 cm³/mol. The van der Waals surface area contributed by atoms with Gasteiger partial charge >= 0.3 is 0 Å². The topological polar surface area (TPSA) is 96.8 Å². The fourth-order valence-electron chi connectivity index (χ4n) is 4.60. The molecule has 0 radical (unpaired) electrons. The number of hydrogen-bond donors (Lipinski definition) is 1. The number of hydrogen-bond acceptors (Lipinski definition) is 5. The molecule has 1 aromatic carbocycles. The van der Waals surface area contributed by atoms with Gasteiger partial charge in [-0.3, -0.25) is 14.4 Å². The van der Waals surface area contributed by atoms with E-state index in [4.69, 9.17) is 4.74 Å². The van der Waals surface area contributed by atoms with Crippen molar-refractivity contribution in [1.29, 1.82) is 0 Å². The highest BCUT2D eigenvalue weighted by molar-refractivity contribution is 6.07. The lowest BCUT2D eigenvalue weighted by atomic mass is 9.93. The first-order chi connectivity index (χ1) is 15.9. The second kappa shape index (κ2) is 9.25. The molecule has 0 aliphatic carbocycles. The van der Waals surface area contributed by atoms with E-state index in [9.17, 15) is 14.4 Å². The van der Waals surface area contributed by atoms with Gasteiger partial charge in [0, 0.05) is 26.2 Å². The summed E-state index contributed by atoms with van der Waals surface area (Å²) in [5.74, 6) is -0.0355. The van der Waals surface area contributed by atoms with Crippen LogP contribution in [0.2, 0.25) is 0 Å². The number of likely N-dealkylation sites (tertiary alicyclic amines) is 1. The highest BCUT2D eigenvalue weighted by Gasteiger charge is 2.48. The molecule has 1 fully saturated rings. The highest BCUT2D eigenvalue weighted by Crippen LogP contribution is 2.30. The maximum atomic E-state index is 13.6. The van der Waals surface area contributed by atoms with Crippen molar-refractivity contribution in [2.75, 3.05) is 26.7 Å². The summed E-state index contributed by atoms with van der Waals surface area (Å²) in [6.45, 7) is 6.09. The summed E-state index contributed by atoms with van der Waals surface area (Å²) in [5.41, 5.74) is 0.296. The second-order valence-electron chi connectivity index (χ2n) is 8.83. The quantitative estimate of drug-likeness (QED) is 0.692. The van der Waals surface area contributed by atoms with E-state index >= 15 is 0 Å². The Hall–Kier alpha value is -3.36. The van der Waals surface area contributed by atoms with E-state index < -0.39 is 5.54 Å². The molecule has 4 rings (SSSR count). The number of methoxy groups -OCH3 is 1. The molecule has 1 atom stereocenters. The number of benzene rings is 1. The first-order valence-corrected chi connectivity index (χ1v) is 11.5. The minimum absolute atomic E-state index is 0.184. The van der Waals surface area contributed by atoms with Crippen molar-refractivity contribution in [3.63, 3.8) is 0 Å². The predicted octanol–water partition coefficient (Wildman–Crippen LogP) is 2.07. The lowest BCUT2D eigenvalue weighted by molar-refractivity contribution is -0.133. The van der Waals surface area contributed by atoms with Gasteiger partial charge in [-0.15, -0.1) is 0 Å². The maximum absolute atomic E-state index is 13.6. The molecular formula is C24H31N5O4. The molecule has 3 amide bonds. The third-order valence-electron chi connectivity index (χ3n) is 6.50. The van der Waals surface area contributed by atoms with Crippen LogP contribution in [-0.4, -0.2) is 69.4 Å². The van der Waals surface area contributed by atoms with Crippen LogP contribution in [0.15, 0.2) is 30.6 Å². The molecule has 9 heteroatoms. The standard InChI is InChI=1S/C24H31N5O4/c1-4-11-29-22(31)20-19(21(30)27-12-5-6-13-27)26-16-28(20)15-24(29,2)23(32)25-14-17-7-9-18(33-3)10-8-17/h7-10,16H,4-6,11-15H2,1-3H3,(H,25,32). The monoisotopic (exact) mass is 453 g/mol. The van der Waals surface area contributed by atoms with Crippen molar-refractivity contribution in [1.82, 2.24) is 24.7 Å². The lowest BCUT2D eigenvalue weighted by Crippen LogP contribution is -2.64.